The van der Waals surface area contributed by atoms with Gasteiger partial charge in [0, 0.05) is 23.2 Å². The number of alkyl halides is 2. The Kier molecular flexibility index (Phi) is 5.62. The molecule has 0 saturated carbocycles. The number of rotatable bonds is 6. The standard InChI is InChI=1S/C25H18F3N3O3/c26-19-9-5-4-8-17(19)21(32)20(14-6-2-1-3-7-14)31-13-16-11-10-15(12-18(16)25(31)33)23-29-30-24(34-23)22(27)28/h1-12,20-22,32H,13H2/t20-,21-/m1/s1. The first-order valence-corrected chi connectivity index (χ1v) is 10.5. The number of aliphatic hydroxyl groups is 1. The Morgan fingerprint density at radius 1 is 0.971 bits per heavy atom. The largest absolute Gasteiger partial charge is 0.415 e. The monoisotopic (exact) mass is 465 g/mol. The van der Waals surface area contributed by atoms with E-state index in [-0.39, 0.29) is 18.0 Å². The van der Waals surface area contributed by atoms with Crippen LogP contribution in [0.25, 0.3) is 11.5 Å². The fourth-order valence-corrected chi connectivity index (χ4v) is 4.19. The molecule has 1 aromatic heterocycles. The molecule has 9 heteroatoms. The van der Waals surface area contributed by atoms with E-state index in [0.717, 1.165) is 0 Å². The summed E-state index contributed by atoms with van der Waals surface area (Å²) in [5.74, 6) is -1.90. The second kappa shape index (κ2) is 8.75. The van der Waals surface area contributed by atoms with Crippen molar-refractivity contribution in [2.24, 2.45) is 0 Å². The first-order chi connectivity index (χ1) is 16.4. The normalized spacial score (nSPS) is 15.0. The van der Waals surface area contributed by atoms with E-state index in [2.05, 4.69) is 10.2 Å². The molecule has 0 fully saturated rings. The molecule has 0 unspecified atom stereocenters. The number of aromatic nitrogens is 2. The van der Waals surface area contributed by atoms with Crippen molar-refractivity contribution in [3.63, 3.8) is 0 Å². The Bertz CT molecular complexity index is 1340. The lowest BCUT2D eigenvalue weighted by Gasteiger charge is -2.32. The summed E-state index contributed by atoms with van der Waals surface area (Å²) >= 11 is 0. The first-order valence-electron chi connectivity index (χ1n) is 10.5. The van der Waals surface area contributed by atoms with Gasteiger partial charge in [-0.25, -0.2) is 4.39 Å². The highest BCUT2D eigenvalue weighted by Gasteiger charge is 2.38. The zero-order chi connectivity index (χ0) is 23.8. The molecule has 34 heavy (non-hydrogen) atoms. The predicted octanol–water partition coefficient (Wildman–Crippen LogP) is 5.24. The summed E-state index contributed by atoms with van der Waals surface area (Å²) in [6.45, 7) is 0.172. The summed E-state index contributed by atoms with van der Waals surface area (Å²) in [7, 11) is 0. The van der Waals surface area contributed by atoms with E-state index < -0.39 is 36.2 Å². The second-order valence-electron chi connectivity index (χ2n) is 7.87. The Balaban J connectivity index is 1.52. The molecule has 0 aliphatic carbocycles. The summed E-state index contributed by atoms with van der Waals surface area (Å²) in [6, 6.07) is 18.7. The molecule has 172 valence electrons. The molecule has 1 aliphatic rings. The average molecular weight is 465 g/mol. The van der Waals surface area contributed by atoms with Crippen LogP contribution in [0.3, 0.4) is 0 Å². The van der Waals surface area contributed by atoms with E-state index in [1.54, 1.807) is 48.5 Å². The maximum Gasteiger partial charge on any atom is 0.314 e. The maximum atomic E-state index is 14.5. The zero-order valence-electron chi connectivity index (χ0n) is 17.6. The van der Waals surface area contributed by atoms with Crippen LogP contribution in [-0.2, 0) is 6.54 Å². The smallest absolute Gasteiger partial charge is 0.314 e. The van der Waals surface area contributed by atoms with Crippen LogP contribution in [0.5, 0.6) is 0 Å². The number of halogens is 3. The van der Waals surface area contributed by atoms with Gasteiger partial charge in [-0.05, 0) is 29.3 Å². The van der Waals surface area contributed by atoms with Gasteiger partial charge < -0.3 is 14.4 Å². The third kappa shape index (κ3) is 3.84. The number of amides is 1. The van der Waals surface area contributed by atoms with Crippen LogP contribution in [0.15, 0.2) is 77.2 Å². The summed E-state index contributed by atoms with van der Waals surface area (Å²) in [5, 5.41) is 18.2. The van der Waals surface area contributed by atoms with E-state index >= 15 is 0 Å². The van der Waals surface area contributed by atoms with Crippen LogP contribution >= 0.6 is 0 Å². The lowest BCUT2D eigenvalue weighted by Crippen LogP contribution is -2.33. The summed E-state index contributed by atoms with van der Waals surface area (Å²) in [6.07, 6.45) is -4.23. The molecule has 0 radical (unpaired) electrons. The van der Waals surface area contributed by atoms with Crippen molar-refractivity contribution in [3.05, 3.63) is 107 Å². The van der Waals surface area contributed by atoms with E-state index in [1.807, 2.05) is 0 Å². The van der Waals surface area contributed by atoms with Crippen molar-refractivity contribution in [1.29, 1.82) is 0 Å². The Hall–Kier alpha value is -3.98. The lowest BCUT2D eigenvalue weighted by molar-refractivity contribution is 0.0348. The zero-order valence-corrected chi connectivity index (χ0v) is 17.6. The molecule has 2 atom stereocenters. The SMILES string of the molecule is O=C1c2cc(-c3nnc(C(F)F)o3)ccc2CN1[C@H](c1ccccc1)[C@H](O)c1ccccc1F. The van der Waals surface area contributed by atoms with E-state index in [4.69, 9.17) is 4.42 Å². The average Bonchev–Trinajstić information content (AvgIpc) is 3.46. The Labute approximate surface area is 192 Å². The maximum absolute atomic E-state index is 14.5. The molecule has 5 rings (SSSR count). The molecule has 1 aliphatic heterocycles. The number of aliphatic hydroxyl groups excluding tert-OH is 1. The van der Waals surface area contributed by atoms with Crippen LogP contribution < -0.4 is 0 Å². The molecular formula is C25H18F3N3O3. The van der Waals surface area contributed by atoms with Crippen molar-refractivity contribution < 1.29 is 27.5 Å². The number of hydrogen-bond donors (Lipinski definition) is 1. The molecule has 0 saturated heterocycles. The minimum atomic E-state index is -2.90. The highest BCUT2D eigenvalue weighted by molar-refractivity contribution is 5.99. The molecule has 1 amide bonds. The van der Waals surface area contributed by atoms with Gasteiger partial charge in [-0.2, -0.15) is 8.78 Å². The molecule has 3 aromatic carbocycles. The van der Waals surface area contributed by atoms with Crippen LogP contribution in [0.1, 0.15) is 51.5 Å². The topological polar surface area (TPSA) is 79.5 Å². The van der Waals surface area contributed by atoms with Gasteiger partial charge in [0.25, 0.3) is 11.8 Å². The fourth-order valence-electron chi connectivity index (χ4n) is 4.19. The van der Waals surface area contributed by atoms with Crippen molar-refractivity contribution in [1.82, 2.24) is 15.1 Å². The molecular weight excluding hydrogens is 447 g/mol. The quantitative estimate of drug-likeness (QED) is 0.421. The van der Waals surface area contributed by atoms with Crippen molar-refractivity contribution in [3.8, 4) is 11.5 Å². The molecule has 1 N–H and O–H groups in total. The van der Waals surface area contributed by atoms with Gasteiger partial charge in [-0.1, -0.05) is 54.6 Å². The van der Waals surface area contributed by atoms with E-state index in [0.29, 0.717) is 22.3 Å². The van der Waals surface area contributed by atoms with E-state index in [9.17, 15) is 23.1 Å². The van der Waals surface area contributed by atoms with Gasteiger partial charge in [-0.3, -0.25) is 4.79 Å². The van der Waals surface area contributed by atoms with E-state index in [1.165, 1.54) is 29.2 Å². The minimum absolute atomic E-state index is 0.0752. The van der Waals surface area contributed by atoms with Crippen molar-refractivity contribution in [2.75, 3.05) is 0 Å². The van der Waals surface area contributed by atoms with Gasteiger partial charge >= 0.3 is 6.43 Å². The lowest BCUT2D eigenvalue weighted by atomic mass is 9.94. The number of carbonyl (C=O) groups is 1. The van der Waals surface area contributed by atoms with Gasteiger partial charge in [0.1, 0.15) is 11.9 Å². The van der Waals surface area contributed by atoms with Gasteiger partial charge in [0.05, 0.1) is 6.04 Å². The molecule has 2 heterocycles. The molecule has 0 spiro atoms. The number of carbonyl (C=O) groups excluding carboxylic acids is 1. The predicted molar refractivity (Wildman–Crippen MR) is 115 cm³/mol. The number of benzene rings is 3. The Morgan fingerprint density at radius 3 is 2.41 bits per heavy atom. The van der Waals surface area contributed by atoms with Crippen LogP contribution in [0.2, 0.25) is 0 Å². The van der Waals surface area contributed by atoms with Gasteiger partial charge in [-0.15, -0.1) is 10.2 Å². The van der Waals surface area contributed by atoms with Crippen LogP contribution in [-0.4, -0.2) is 26.1 Å². The van der Waals surface area contributed by atoms with Gasteiger partial charge in [0.15, 0.2) is 0 Å². The van der Waals surface area contributed by atoms with Crippen LogP contribution in [0.4, 0.5) is 13.2 Å². The molecule has 6 nitrogen and oxygen atoms in total. The number of nitrogens with zero attached hydrogens (tertiary/aromatic N) is 3. The highest BCUT2D eigenvalue weighted by Crippen LogP contribution is 2.40. The second-order valence-corrected chi connectivity index (χ2v) is 7.87. The minimum Gasteiger partial charge on any atom is -0.415 e. The first kappa shape index (κ1) is 21.8. The summed E-state index contributed by atoms with van der Waals surface area (Å²) in [4.78, 5) is 14.9. The Morgan fingerprint density at radius 2 is 1.71 bits per heavy atom. The summed E-state index contributed by atoms with van der Waals surface area (Å²) in [5.41, 5.74) is 2.02. The third-order valence-electron chi connectivity index (χ3n) is 5.82. The van der Waals surface area contributed by atoms with Crippen molar-refractivity contribution in [2.45, 2.75) is 25.1 Å². The molecule has 4 aromatic rings. The highest BCUT2D eigenvalue weighted by atomic mass is 19.3. The summed E-state index contributed by atoms with van der Waals surface area (Å²) < 4.78 is 45.2. The van der Waals surface area contributed by atoms with Gasteiger partial charge in [0.2, 0.25) is 5.89 Å². The number of hydrogen-bond acceptors (Lipinski definition) is 5. The van der Waals surface area contributed by atoms with Crippen molar-refractivity contribution >= 4 is 5.91 Å². The third-order valence-corrected chi connectivity index (χ3v) is 5.82. The molecule has 0 bridgehead atoms. The van der Waals surface area contributed by atoms with Crippen LogP contribution in [0, 0.1) is 5.82 Å². The number of fused-ring (bicyclic) bond motifs is 1. The fraction of sp³-hybridized carbons (Fsp3) is 0.160.